The van der Waals surface area contributed by atoms with Crippen LogP contribution in [0.4, 0.5) is 5.95 Å². The minimum absolute atomic E-state index is 0. The average molecular weight is 406 g/mol. The Morgan fingerprint density at radius 3 is 2.90 bits per heavy atom. The fourth-order valence-electron chi connectivity index (χ4n) is 2.40. The maximum atomic E-state index is 12.4. The predicted molar refractivity (Wildman–Crippen MR) is 85.4 cm³/mol. The molecule has 0 unspecified atom stereocenters. The van der Waals surface area contributed by atoms with Gasteiger partial charge in [0, 0.05) is 12.0 Å². The van der Waals surface area contributed by atoms with E-state index in [1.807, 2.05) is 6.92 Å². The molecule has 3 rings (SSSR count). The molecule has 1 fully saturated rings. The molecule has 2 aromatic rings. The number of aryl methyl sites for hydroxylation is 1. The first kappa shape index (κ1) is 15.4. The van der Waals surface area contributed by atoms with E-state index in [4.69, 9.17) is 10.5 Å². The lowest BCUT2D eigenvalue weighted by Crippen LogP contribution is -2.27. The van der Waals surface area contributed by atoms with Gasteiger partial charge in [-0.15, -0.1) is 17.0 Å². The summed E-state index contributed by atoms with van der Waals surface area (Å²) in [5.74, 6) is 0.180. The van der Waals surface area contributed by atoms with Gasteiger partial charge in [0.1, 0.15) is 5.65 Å². The van der Waals surface area contributed by atoms with Crippen molar-refractivity contribution in [3.8, 4) is 0 Å². The zero-order chi connectivity index (χ0) is 13.6. The Kier molecular flexibility index (Phi) is 4.46. The molecule has 3 heterocycles. The van der Waals surface area contributed by atoms with Gasteiger partial charge in [-0.1, -0.05) is 0 Å². The molecule has 0 saturated carbocycles. The summed E-state index contributed by atoms with van der Waals surface area (Å²) in [6.45, 7) is 3.03. The van der Waals surface area contributed by atoms with E-state index in [9.17, 15) is 4.79 Å². The molecule has 1 aliphatic heterocycles. The fourth-order valence-corrected chi connectivity index (χ4v) is 2.82. The highest BCUT2D eigenvalue weighted by Gasteiger charge is 2.23. The van der Waals surface area contributed by atoms with Crippen LogP contribution in [0.25, 0.3) is 11.0 Å². The molecule has 8 heteroatoms. The first-order valence-electron chi connectivity index (χ1n) is 6.00. The van der Waals surface area contributed by atoms with Crippen LogP contribution in [0.1, 0.15) is 18.2 Å². The molecule has 108 valence electrons. The third kappa shape index (κ3) is 2.47. The molecule has 0 radical (unpaired) electrons. The molecule has 0 aliphatic carbocycles. The van der Waals surface area contributed by atoms with Crippen LogP contribution in [-0.2, 0) is 4.74 Å². The van der Waals surface area contributed by atoms with Crippen molar-refractivity contribution < 1.29 is 4.74 Å². The fraction of sp³-hybridized carbons (Fsp3) is 0.417. The number of fused-ring (bicyclic) bond motifs is 1. The van der Waals surface area contributed by atoms with Crippen molar-refractivity contribution in [3.05, 3.63) is 26.6 Å². The highest BCUT2D eigenvalue weighted by molar-refractivity contribution is 9.10. The van der Waals surface area contributed by atoms with E-state index in [2.05, 4.69) is 25.9 Å². The summed E-state index contributed by atoms with van der Waals surface area (Å²) in [5.41, 5.74) is 6.93. The molecule has 1 aliphatic rings. The van der Waals surface area contributed by atoms with Crippen molar-refractivity contribution in [1.29, 1.82) is 0 Å². The topological polar surface area (TPSA) is 83.0 Å². The van der Waals surface area contributed by atoms with E-state index in [0.29, 0.717) is 23.3 Å². The summed E-state index contributed by atoms with van der Waals surface area (Å²) in [5, 5.41) is 0.826. The lowest BCUT2D eigenvalue weighted by molar-refractivity contribution is 0.186. The largest absolute Gasteiger partial charge is 0.379 e. The van der Waals surface area contributed by atoms with E-state index in [1.54, 1.807) is 10.6 Å². The zero-order valence-electron chi connectivity index (χ0n) is 10.8. The molecule has 0 spiro atoms. The number of nitrogen functional groups attached to an aromatic ring is 1. The summed E-state index contributed by atoms with van der Waals surface area (Å²) >= 11 is 3.31. The molecule has 6 nitrogen and oxygen atoms in total. The van der Waals surface area contributed by atoms with Crippen LogP contribution in [-0.4, -0.2) is 27.7 Å². The molecule has 0 aromatic carbocycles. The van der Waals surface area contributed by atoms with Gasteiger partial charge < -0.3 is 10.5 Å². The molecule has 1 saturated heterocycles. The highest BCUT2D eigenvalue weighted by atomic mass is 79.9. The maximum absolute atomic E-state index is 12.4. The average Bonchev–Trinajstić information content (AvgIpc) is 2.85. The van der Waals surface area contributed by atoms with Crippen LogP contribution in [0.2, 0.25) is 0 Å². The summed E-state index contributed by atoms with van der Waals surface area (Å²) in [6, 6.07) is 1.75. The van der Waals surface area contributed by atoms with Gasteiger partial charge in [-0.2, -0.15) is 4.98 Å². The van der Waals surface area contributed by atoms with Crippen molar-refractivity contribution in [1.82, 2.24) is 14.5 Å². The number of hydrogen-bond acceptors (Lipinski definition) is 5. The predicted octanol–water partition coefficient (Wildman–Crippen LogP) is 1.98. The number of rotatable bonds is 1. The van der Waals surface area contributed by atoms with Crippen molar-refractivity contribution in [3.63, 3.8) is 0 Å². The third-order valence-corrected chi connectivity index (χ3v) is 3.89. The van der Waals surface area contributed by atoms with Crippen LogP contribution < -0.4 is 11.3 Å². The van der Waals surface area contributed by atoms with E-state index >= 15 is 0 Å². The molecular formula is C12H14Br2N4O2. The van der Waals surface area contributed by atoms with Crippen molar-refractivity contribution in [2.75, 3.05) is 18.9 Å². The van der Waals surface area contributed by atoms with Gasteiger partial charge in [-0.05, 0) is 35.3 Å². The lowest BCUT2D eigenvalue weighted by Gasteiger charge is -2.16. The van der Waals surface area contributed by atoms with Gasteiger partial charge in [-0.3, -0.25) is 9.36 Å². The SMILES string of the molecule is Br.Cc1nc(N)nc2c1cc(Br)c(=O)n2[C@@H]1CCOC1. The van der Waals surface area contributed by atoms with Crippen LogP contribution >= 0.6 is 32.9 Å². The standard InChI is InChI=1S/C12H13BrN4O2.BrH/c1-6-8-4-9(13)11(18)17(7-2-3-19-5-7)10(8)16-12(14)15-6;/h4,7H,2-3,5H2,1H3,(H2,14,15,16);1H/t7-;/m1./s1. The molecule has 0 bridgehead atoms. The van der Waals surface area contributed by atoms with Crippen molar-refractivity contribution in [2.45, 2.75) is 19.4 Å². The lowest BCUT2D eigenvalue weighted by atomic mass is 10.2. The molecular weight excluding hydrogens is 392 g/mol. The summed E-state index contributed by atoms with van der Waals surface area (Å²) < 4.78 is 7.53. The smallest absolute Gasteiger partial charge is 0.266 e. The Hall–Kier alpha value is -0.990. The number of hydrogen-bond donors (Lipinski definition) is 1. The molecule has 2 aromatic heterocycles. The van der Waals surface area contributed by atoms with Gasteiger partial charge >= 0.3 is 0 Å². The molecule has 20 heavy (non-hydrogen) atoms. The van der Waals surface area contributed by atoms with Gasteiger partial charge in [0.15, 0.2) is 0 Å². The van der Waals surface area contributed by atoms with Crippen LogP contribution in [0.3, 0.4) is 0 Å². The van der Waals surface area contributed by atoms with E-state index in [0.717, 1.165) is 17.5 Å². The van der Waals surface area contributed by atoms with Crippen LogP contribution in [0.15, 0.2) is 15.3 Å². The second-order valence-electron chi connectivity index (χ2n) is 4.59. The minimum Gasteiger partial charge on any atom is -0.379 e. The summed E-state index contributed by atoms with van der Waals surface area (Å²) in [4.78, 5) is 20.7. The van der Waals surface area contributed by atoms with Gasteiger partial charge in [0.25, 0.3) is 5.56 Å². The number of pyridine rings is 1. The molecule has 0 amide bonds. The van der Waals surface area contributed by atoms with Gasteiger partial charge in [0.2, 0.25) is 5.95 Å². The highest BCUT2D eigenvalue weighted by Crippen LogP contribution is 2.25. The van der Waals surface area contributed by atoms with Crippen molar-refractivity contribution in [2.24, 2.45) is 0 Å². The maximum Gasteiger partial charge on any atom is 0.266 e. The number of anilines is 1. The van der Waals surface area contributed by atoms with Gasteiger partial charge in [0.05, 0.1) is 22.8 Å². The number of aromatic nitrogens is 3. The Balaban J connectivity index is 0.00000147. The van der Waals surface area contributed by atoms with Crippen LogP contribution in [0, 0.1) is 6.92 Å². The Labute approximate surface area is 134 Å². The summed E-state index contributed by atoms with van der Waals surface area (Å²) in [7, 11) is 0. The monoisotopic (exact) mass is 404 g/mol. The van der Waals surface area contributed by atoms with E-state index < -0.39 is 0 Å². The number of nitrogens with two attached hydrogens (primary N) is 1. The van der Waals surface area contributed by atoms with Gasteiger partial charge in [-0.25, -0.2) is 4.98 Å². The third-order valence-electron chi connectivity index (χ3n) is 3.33. The Morgan fingerprint density at radius 2 is 2.25 bits per heavy atom. The quantitative estimate of drug-likeness (QED) is 0.784. The van der Waals surface area contributed by atoms with E-state index in [-0.39, 0.29) is 34.5 Å². The first-order chi connectivity index (χ1) is 9.08. The normalized spacial score (nSPS) is 18.2. The Bertz CT molecular complexity index is 711. The number of nitrogens with zero attached hydrogens (tertiary/aromatic N) is 3. The molecule has 1 atom stereocenters. The van der Waals surface area contributed by atoms with E-state index in [1.165, 1.54) is 0 Å². The first-order valence-corrected chi connectivity index (χ1v) is 6.80. The van der Waals surface area contributed by atoms with Crippen LogP contribution in [0.5, 0.6) is 0 Å². The Morgan fingerprint density at radius 1 is 1.50 bits per heavy atom. The molecule has 2 N–H and O–H groups in total. The zero-order valence-corrected chi connectivity index (χ0v) is 14.1. The minimum atomic E-state index is -0.111. The number of halogens is 2. The van der Waals surface area contributed by atoms with Crippen molar-refractivity contribution >= 4 is 49.9 Å². The summed E-state index contributed by atoms with van der Waals surface area (Å²) in [6.07, 6.45) is 0.800. The second kappa shape index (κ2) is 5.79. The second-order valence-corrected chi connectivity index (χ2v) is 5.44. The number of ether oxygens (including phenoxy) is 1.